The van der Waals surface area contributed by atoms with Gasteiger partial charge in [-0.3, -0.25) is 4.98 Å². The van der Waals surface area contributed by atoms with Crippen LogP contribution < -0.4 is 5.32 Å². The predicted octanol–water partition coefficient (Wildman–Crippen LogP) is 4.56. The van der Waals surface area contributed by atoms with E-state index >= 15 is 0 Å². The molecule has 1 unspecified atom stereocenters. The van der Waals surface area contributed by atoms with Crippen LogP contribution in [-0.2, 0) is 6.42 Å². The maximum absolute atomic E-state index is 13.6. The van der Waals surface area contributed by atoms with Gasteiger partial charge in [-0.2, -0.15) is 0 Å². The van der Waals surface area contributed by atoms with Crippen molar-refractivity contribution in [2.45, 2.75) is 39.2 Å². The highest BCUT2D eigenvalue weighted by Crippen LogP contribution is 2.27. The van der Waals surface area contributed by atoms with E-state index in [1.807, 2.05) is 0 Å². The molecule has 1 atom stereocenters. The summed E-state index contributed by atoms with van der Waals surface area (Å²) in [6.07, 6.45) is 6.07. The van der Waals surface area contributed by atoms with Crippen LogP contribution in [0.2, 0.25) is 0 Å². The van der Waals surface area contributed by atoms with Crippen LogP contribution in [0.5, 0.6) is 0 Å². The number of hydrogen-bond donors (Lipinski definition) is 2. The Morgan fingerprint density at radius 2 is 2.07 bits per heavy atom. The molecule has 7 heteroatoms. The van der Waals surface area contributed by atoms with E-state index in [9.17, 15) is 4.39 Å². The molecule has 0 amide bonds. The van der Waals surface area contributed by atoms with Crippen molar-refractivity contribution >= 4 is 27.9 Å². The largest absolute Gasteiger partial charge is 0.362 e. The van der Waals surface area contributed by atoms with Crippen molar-refractivity contribution in [3.05, 3.63) is 54.0 Å². The first-order valence-electron chi connectivity index (χ1n) is 9.15. The van der Waals surface area contributed by atoms with Crippen LogP contribution in [0.25, 0.3) is 22.1 Å². The summed E-state index contributed by atoms with van der Waals surface area (Å²) in [5.74, 6) is 0.434. The molecular weight excluding hydrogens is 343 g/mol. The van der Waals surface area contributed by atoms with E-state index in [2.05, 4.69) is 45.2 Å². The van der Waals surface area contributed by atoms with Crippen LogP contribution in [0, 0.1) is 5.82 Å². The van der Waals surface area contributed by atoms with E-state index in [0.29, 0.717) is 17.0 Å². The lowest BCUT2D eigenvalue weighted by Crippen LogP contribution is -2.12. The molecule has 3 aromatic heterocycles. The van der Waals surface area contributed by atoms with Crippen molar-refractivity contribution in [2.24, 2.45) is 0 Å². The maximum Gasteiger partial charge on any atom is 0.182 e. The number of pyridine rings is 1. The normalized spacial score (nSPS) is 12.6. The topological polar surface area (TPSA) is 79.4 Å². The quantitative estimate of drug-likeness (QED) is 0.524. The van der Waals surface area contributed by atoms with Gasteiger partial charge in [0.1, 0.15) is 17.7 Å². The Labute approximate surface area is 156 Å². The van der Waals surface area contributed by atoms with E-state index in [1.54, 1.807) is 12.4 Å². The fourth-order valence-corrected chi connectivity index (χ4v) is 3.27. The van der Waals surface area contributed by atoms with Gasteiger partial charge in [-0.15, -0.1) is 0 Å². The van der Waals surface area contributed by atoms with Crippen molar-refractivity contribution in [1.29, 1.82) is 0 Å². The lowest BCUT2D eigenvalue weighted by atomic mass is 10.00. The molecule has 0 fully saturated rings. The second-order valence-corrected chi connectivity index (χ2v) is 6.65. The Morgan fingerprint density at radius 3 is 2.93 bits per heavy atom. The summed E-state index contributed by atoms with van der Waals surface area (Å²) in [7, 11) is 0. The van der Waals surface area contributed by atoms with Gasteiger partial charge >= 0.3 is 0 Å². The summed E-state index contributed by atoms with van der Waals surface area (Å²) >= 11 is 0. The number of benzene rings is 1. The van der Waals surface area contributed by atoms with Crippen molar-refractivity contribution in [3.8, 4) is 0 Å². The molecule has 2 N–H and O–H groups in total. The molecule has 1 aromatic carbocycles. The van der Waals surface area contributed by atoms with Crippen molar-refractivity contribution in [1.82, 2.24) is 24.9 Å². The predicted molar refractivity (Wildman–Crippen MR) is 104 cm³/mol. The second-order valence-electron chi connectivity index (χ2n) is 6.65. The van der Waals surface area contributed by atoms with E-state index in [0.717, 1.165) is 41.4 Å². The zero-order chi connectivity index (χ0) is 18.8. The number of aryl methyl sites for hydroxylation is 1. The summed E-state index contributed by atoms with van der Waals surface area (Å²) in [5, 5.41) is 4.37. The van der Waals surface area contributed by atoms with Gasteiger partial charge in [0.05, 0.1) is 17.9 Å². The molecule has 0 saturated heterocycles. The first kappa shape index (κ1) is 17.3. The minimum absolute atomic E-state index is 0.0276. The number of halogens is 1. The first-order valence-corrected chi connectivity index (χ1v) is 9.15. The average Bonchev–Trinajstić information content (AvgIpc) is 3.15. The molecule has 0 radical (unpaired) electrons. The highest BCUT2D eigenvalue weighted by atomic mass is 19.1. The van der Waals surface area contributed by atoms with Gasteiger partial charge in [0.2, 0.25) is 0 Å². The van der Waals surface area contributed by atoms with Crippen molar-refractivity contribution in [2.75, 3.05) is 5.32 Å². The molecule has 6 nitrogen and oxygen atoms in total. The monoisotopic (exact) mass is 364 g/mol. The zero-order valence-corrected chi connectivity index (χ0v) is 15.3. The van der Waals surface area contributed by atoms with Gasteiger partial charge in [-0.05, 0) is 43.5 Å². The number of hydrogen-bond acceptors (Lipinski definition) is 5. The minimum Gasteiger partial charge on any atom is -0.362 e. The molecule has 3 heterocycles. The van der Waals surface area contributed by atoms with Gasteiger partial charge in [0.25, 0.3) is 0 Å². The van der Waals surface area contributed by atoms with Gasteiger partial charge in [0.15, 0.2) is 11.5 Å². The number of unbranched alkanes of at least 4 members (excludes halogenated alkanes) is 1. The third kappa shape index (κ3) is 3.45. The number of rotatable bonds is 6. The standard InChI is InChI=1S/C20H21FN6/c1-3-4-5-16-15(8-13-6-7-14(21)9-17(13)27-16)12(2)26-20-18-19(23-10-22-18)24-11-25-20/h6-12H,3-5H2,1-2H3,(H2,22,23,24,25,26). The second kappa shape index (κ2) is 7.26. The third-order valence-corrected chi connectivity index (χ3v) is 4.70. The molecule has 0 saturated carbocycles. The fraction of sp³-hybridized carbons (Fsp3) is 0.300. The van der Waals surface area contributed by atoms with E-state index < -0.39 is 0 Å². The van der Waals surface area contributed by atoms with Crippen LogP contribution in [0.1, 0.15) is 44.0 Å². The molecule has 27 heavy (non-hydrogen) atoms. The Kier molecular flexibility index (Phi) is 4.66. The van der Waals surface area contributed by atoms with Gasteiger partial charge in [-0.1, -0.05) is 13.3 Å². The fourth-order valence-electron chi connectivity index (χ4n) is 3.27. The molecule has 138 valence electrons. The molecule has 0 aliphatic rings. The minimum atomic E-state index is -0.266. The number of anilines is 1. The SMILES string of the molecule is CCCCc1nc2cc(F)ccc2cc1C(C)Nc1ncnc2nc[nH]c12. The van der Waals surface area contributed by atoms with E-state index in [1.165, 1.54) is 18.5 Å². The van der Waals surface area contributed by atoms with Crippen LogP contribution in [0.15, 0.2) is 36.9 Å². The van der Waals surface area contributed by atoms with Crippen LogP contribution in [0.3, 0.4) is 0 Å². The maximum atomic E-state index is 13.6. The highest BCUT2D eigenvalue weighted by Gasteiger charge is 2.16. The molecular formula is C20H21FN6. The Balaban J connectivity index is 1.73. The average molecular weight is 364 g/mol. The van der Waals surface area contributed by atoms with E-state index in [-0.39, 0.29) is 11.9 Å². The molecule has 0 spiro atoms. The first-order chi connectivity index (χ1) is 13.2. The van der Waals surface area contributed by atoms with Gasteiger partial charge in [0, 0.05) is 17.1 Å². The number of H-pyrrole nitrogens is 1. The summed E-state index contributed by atoms with van der Waals surface area (Å²) in [6, 6.07) is 6.80. The smallest absolute Gasteiger partial charge is 0.182 e. The number of fused-ring (bicyclic) bond motifs is 2. The number of aromatic nitrogens is 5. The summed E-state index contributed by atoms with van der Waals surface area (Å²) < 4.78 is 13.6. The lowest BCUT2D eigenvalue weighted by molar-refractivity contribution is 0.629. The molecule has 0 aliphatic carbocycles. The molecule has 0 aliphatic heterocycles. The molecule has 0 bridgehead atoms. The summed E-state index contributed by atoms with van der Waals surface area (Å²) in [6.45, 7) is 4.23. The Hall–Kier alpha value is -3.09. The Morgan fingerprint density at radius 1 is 1.19 bits per heavy atom. The number of nitrogens with one attached hydrogen (secondary N) is 2. The van der Waals surface area contributed by atoms with Crippen molar-refractivity contribution < 1.29 is 4.39 Å². The van der Waals surface area contributed by atoms with Gasteiger partial charge < -0.3 is 10.3 Å². The third-order valence-electron chi connectivity index (χ3n) is 4.70. The lowest BCUT2D eigenvalue weighted by Gasteiger charge is -2.19. The number of aromatic amines is 1. The highest BCUT2D eigenvalue weighted by molar-refractivity contribution is 5.83. The van der Waals surface area contributed by atoms with E-state index in [4.69, 9.17) is 4.98 Å². The molecule has 4 aromatic rings. The van der Waals surface area contributed by atoms with Crippen LogP contribution in [-0.4, -0.2) is 24.9 Å². The van der Waals surface area contributed by atoms with Crippen LogP contribution in [0.4, 0.5) is 10.2 Å². The molecule has 4 rings (SSSR count). The summed E-state index contributed by atoms with van der Waals surface area (Å²) in [4.78, 5) is 20.5. The number of nitrogens with zero attached hydrogens (tertiary/aromatic N) is 4. The zero-order valence-electron chi connectivity index (χ0n) is 15.3. The summed E-state index contributed by atoms with van der Waals surface area (Å²) in [5.41, 5.74) is 4.17. The van der Waals surface area contributed by atoms with Crippen molar-refractivity contribution in [3.63, 3.8) is 0 Å². The van der Waals surface area contributed by atoms with Crippen LogP contribution >= 0.6 is 0 Å². The van der Waals surface area contributed by atoms with Gasteiger partial charge in [-0.25, -0.2) is 19.3 Å². The Bertz CT molecular complexity index is 1090. The number of imidazole rings is 1.